The number of hydrogen-bond donors (Lipinski definition) is 0. The minimum Gasteiger partial charge on any atom is -0.311 e. The third-order valence-electron chi connectivity index (χ3n) is 6.29. The van der Waals surface area contributed by atoms with Gasteiger partial charge in [-0.3, -0.25) is 9.59 Å². The van der Waals surface area contributed by atoms with Gasteiger partial charge >= 0.3 is 30.1 Å². The summed E-state index contributed by atoms with van der Waals surface area (Å²) in [6.07, 6.45) is -20.0. The minimum absolute atomic E-state index is 0.00572. The molecule has 1 atom stereocenters. The minimum atomic E-state index is -7.22. The molecule has 3 aromatic rings. The molecule has 0 radical (unpaired) electrons. The van der Waals surface area contributed by atoms with E-state index in [0.29, 0.717) is 0 Å². The summed E-state index contributed by atoms with van der Waals surface area (Å²) in [5, 5.41) is 9.04. The first-order valence-electron chi connectivity index (χ1n) is 11.8. The average Bonchev–Trinajstić information content (AvgIpc) is 2.97. The van der Waals surface area contributed by atoms with E-state index in [0.717, 1.165) is 39.9 Å². The number of halogens is 13. The van der Waals surface area contributed by atoms with Crippen LogP contribution in [0.2, 0.25) is 0 Å². The summed E-state index contributed by atoms with van der Waals surface area (Å²) < 4.78 is 163. The SMILES string of the molecule is CN(C(=O)c1cccc(C#N)c1)c1cccc(C(=O)N(I)c2ccc(C(F)(C(F)(F)F)C(F)(F)C(F)(F)F)cc2C(F)(F)F)c1. The van der Waals surface area contributed by atoms with Crippen molar-refractivity contribution in [3.8, 4) is 6.07 Å². The smallest absolute Gasteiger partial charge is 0.311 e. The molecule has 0 N–H and O–H groups in total. The van der Waals surface area contributed by atoms with E-state index in [4.69, 9.17) is 5.26 Å². The second kappa shape index (κ2) is 12.1. The normalized spacial score (nSPS) is 13.9. The molecule has 1 unspecified atom stereocenters. The van der Waals surface area contributed by atoms with Crippen molar-refractivity contribution in [3.05, 3.63) is 94.5 Å². The first-order chi connectivity index (χ1) is 20.5. The van der Waals surface area contributed by atoms with Gasteiger partial charge in [0, 0.05) is 29.4 Å². The summed E-state index contributed by atoms with van der Waals surface area (Å²) in [5.74, 6) is -9.21. The van der Waals surface area contributed by atoms with Crippen molar-refractivity contribution in [2.24, 2.45) is 0 Å². The van der Waals surface area contributed by atoms with E-state index in [1.165, 1.54) is 43.4 Å². The third kappa shape index (κ3) is 6.53. The number of benzene rings is 3. The molecule has 0 spiro atoms. The zero-order chi connectivity index (χ0) is 34.3. The quantitative estimate of drug-likeness (QED) is 0.143. The van der Waals surface area contributed by atoms with Crippen LogP contribution in [0, 0.1) is 11.3 Å². The number of anilines is 2. The number of nitriles is 1. The summed E-state index contributed by atoms with van der Waals surface area (Å²) >= 11 is 0.968. The Morgan fingerprint density at radius 2 is 1.29 bits per heavy atom. The van der Waals surface area contributed by atoms with Gasteiger partial charge in [-0.2, -0.15) is 53.6 Å². The lowest BCUT2D eigenvalue weighted by molar-refractivity contribution is -0.389. The van der Waals surface area contributed by atoms with Crippen LogP contribution >= 0.6 is 22.9 Å². The van der Waals surface area contributed by atoms with E-state index in [2.05, 4.69) is 0 Å². The monoisotopic (exact) mass is 767 g/mol. The molecule has 0 aliphatic heterocycles. The molecule has 45 heavy (non-hydrogen) atoms. The molecule has 2 amide bonds. The van der Waals surface area contributed by atoms with E-state index < -0.39 is 70.4 Å². The van der Waals surface area contributed by atoms with E-state index in [1.807, 2.05) is 6.07 Å². The van der Waals surface area contributed by atoms with Crippen LogP contribution in [0.5, 0.6) is 0 Å². The highest BCUT2D eigenvalue weighted by atomic mass is 127. The predicted octanol–water partition coefficient (Wildman–Crippen LogP) is 8.78. The molecular formula is C27H14F12IN3O2. The van der Waals surface area contributed by atoms with E-state index >= 15 is 0 Å². The molecule has 0 heterocycles. The lowest BCUT2D eigenvalue weighted by atomic mass is 9.86. The highest BCUT2D eigenvalue weighted by Crippen LogP contribution is 2.59. The van der Waals surface area contributed by atoms with Crippen molar-refractivity contribution in [1.82, 2.24) is 0 Å². The lowest BCUT2D eigenvalue weighted by Crippen LogP contribution is -2.59. The highest BCUT2D eigenvalue weighted by Gasteiger charge is 2.81. The van der Waals surface area contributed by atoms with Gasteiger partial charge in [-0.15, -0.1) is 0 Å². The van der Waals surface area contributed by atoms with Crippen LogP contribution in [0.25, 0.3) is 0 Å². The molecule has 0 saturated heterocycles. The molecule has 5 nitrogen and oxygen atoms in total. The summed E-state index contributed by atoms with van der Waals surface area (Å²) in [6, 6.07) is 10.6. The molecule has 3 aromatic carbocycles. The maximum absolute atomic E-state index is 14.9. The van der Waals surface area contributed by atoms with Gasteiger partial charge in [0.15, 0.2) is 0 Å². The van der Waals surface area contributed by atoms with Crippen LogP contribution in [0.4, 0.5) is 64.1 Å². The Labute approximate surface area is 259 Å². The van der Waals surface area contributed by atoms with E-state index in [-0.39, 0.29) is 32.1 Å². The summed E-state index contributed by atoms with van der Waals surface area (Å²) in [5.41, 5.74) is -13.2. The number of nitrogens with zero attached hydrogens (tertiary/aromatic N) is 3. The van der Waals surface area contributed by atoms with Crippen molar-refractivity contribution in [2.45, 2.75) is 30.1 Å². The van der Waals surface area contributed by atoms with Crippen LogP contribution < -0.4 is 8.01 Å². The Kier molecular flexibility index (Phi) is 9.50. The van der Waals surface area contributed by atoms with Crippen molar-refractivity contribution >= 4 is 46.1 Å². The van der Waals surface area contributed by atoms with Gasteiger partial charge in [-0.1, -0.05) is 18.2 Å². The first-order valence-corrected chi connectivity index (χ1v) is 12.8. The van der Waals surface area contributed by atoms with Crippen LogP contribution in [-0.2, 0) is 11.8 Å². The van der Waals surface area contributed by atoms with Crippen LogP contribution in [0.3, 0.4) is 0 Å². The van der Waals surface area contributed by atoms with Crippen molar-refractivity contribution in [1.29, 1.82) is 5.26 Å². The summed E-state index contributed by atoms with van der Waals surface area (Å²) in [7, 11) is 1.26. The van der Waals surface area contributed by atoms with Crippen LogP contribution in [0.15, 0.2) is 66.7 Å². The number of hydrogen-bond acceptors (Lipinski definition) is 3. The largest absolute Gasteiger partial charge is 0.457 e. The second-order valence-corrected chi connectivity index (χ2v) is 10.1. The Morgan fingerprint density at radius 3 is 1.80 bits per heavy atom. The Balaban J connectivity index is 2.08. The molecule has 0 bridgehead atoms. The molecule has 0 saturated carbocycles. The highest BCUT2D eigenvalue weighted by molar-refractivity contribution is 14.1. The molecule has 0 fully saturated rings. The molecule has 3 rings (SSSR count). The third-order valence-corrected chi connectivity index (χ3v) is 7.25. The fraction of sp³-hybridized carbons (Fsp3) is 0.222. The zero-order valence-corrected chi connectivity index (χ0v) is 24.1. The van der Waals surface area contributed by atoms with Crippen molar-refractivity contribution < 1.29 is 62.3 Å². The number of carbonyl (C=O) groups excluding carboxylic acids is 2. The molecule has 0 aliphatic rings. The average molecular weight is 767 g/mol. The zero-order valence-electron chi connectivity index (χ0n) is 21.9. The lowest BCUT2D eigenvalue weighted by Gasteiger charge is -2.36. The van der Waals surface area contributed by atoms with Crippen molar-refractivity contribution in [3.63, 3.8) is 0 Å². The van der Waals surface area contributed by atoms with Gasteiger partial charge in [0.2, 0.25) is 0 Å². The van der Waals surface area contributed by atoms with Crippen LogP contribution in [-0.4, -0.2) is 37.1 Å². The van der Waals surface area contributed by atoms with Gasteiger partial charge < -0.3 is 4.90 Å². The molecule has 240 valence electrons. The van der Waals surface area contributed by atoms with E-state index in [1.54, 1.807) is 0 Å². The Morgan fingerprint density at radius 1 is 0.733 bits per heavy atom. The number of carbonyl (C=O) groups is 2. The second-order valence-electron chi connectivity index (χ2n) is 9.15. The van der Waals surface area contributed by atoms with Crippen molar-refractivity contribution in [2.75, 3.05) is 15.1 Å². The Hall–Kier alpha value is -4.02. The standard InChI is InChI=1S/C27H14F12IN3O2/c1-42(21(44)15-5-2-4-14(10-15)13-41)18-7-3-6-16(11-18)22(45)43(40)20-9-8-17(12-19(20)24(29,30)31)23(28,26(34,35)36)25(32,33)27(37,38)39/h2-12H,1H3. The number of alkyl halides is 12. The van der Waals surface area contributed by atoms with Crippen LogP contribution in [0.1, 0.15) is 37.4 Å². The van der Waals surface area contributed by atoms with Gasteiger partial charge in [0.05, 0.1) is 45.7 Å². The molecule has 18 heteroatoms. The van der Waals surface area contributed by atoms with E-state index in [9.17, 15) is 62.3 Å². The first kappa shape index (κ1) is 35.5. The molecule has 0 aromatic heterocycles. The maximum atomic E-state index is 14.9. The molecular weight excluding hydrogens is 753 g/mol. The fourth-order valence-electron chi connectivity index (χ4n) is 3.97. The fourth-order valence-corrected chi connectivity index (χ4v) is 4.67. The van der Waals surface area contributed by atoms with Gasteiger partial charge in [-0.05, 0) is 48.5 Å². The summed E-state index contributed by atoms with van der Waals surface area (Å²) in [6.45, 7) is 0. The Bertz CT molecular complexity index is 1660. The maximum Gasteiger partial charge on any atom is 0.457 e. The number of rotatable bonds is 6. The van der Waals surface area contributed by atoms with Gasteiger partial charge in [0.25, 0.3) is 11.8 Å². The van der Waals surface area contributed by atoms with Gasteiger partial charge in [0.1, 0.15) is 0 Å². The molecule has 0 aliphatic carbocycles. The summed E-state index contributed by atoms with van der Waals surface area (Å²) in [4.78, 5) is 27.0. The van der Waals surface area contributed by atoms with Gasteiger partial charge in [-0.25, -0.2) is 7.50 Å². The topological polar surface area (TPSA) is 64.4 Å². The predicted molar refractivity (Wildman–Crippen MR) is 142 cm³/mol. The number of amides is 2.